The van der Waals surface area contributed by atoms with Crippen molar-refractivity contribution in [2.45, 2.75) is 116 Å². The Morgan fingerprint density at radius 2 is 1.46 bits per heavy atom. The molecular formula is C29H50NO6P. The van der Waals surface area contributed by atoms with Crippen LogP contribution in [0.3, 0.4) is 0 Å². The first-order valence-corrected chi connectivity index (χ1v) is 15.7. The van der Waals surface area contributed by atoms with E-state index >= 15 is 0 Å². The molecule has 0 aliphatic rings. The number of ether oxygens (including phenoxy) is 1. The van der Waals surface area contributed by atoms with E-state index in [1.165, 1.54) is 57.8 Å². The van der Waals surface area contributed by atoms with Gasteiger partial charge in [0.25, 0.3) is 0 Å². The van der Waals surface area contributed by atoms with Crippen molar-refractivity contribution in [3.63, 3.8) is 0 Å². The summed E-state index contributed by atoms with van der Waals surface area (Å²) >= 11 is 0. The lowest BCUT2D eigenvalue weighted by atomic mass is 10.1. The fourth-order valence-electron chi connectivity index (χ4n) is 4.17. The van der Waals surface area contributed by atoms with Crippen molar-refractivity contribution in [1.29, 1.82) is 0 Å². The average molecular weight is 540 g/mol. The van der Waals surface area contributed by atoms with Gasteiger partial charge in [-0.1, -0.05) is 82.6 Å². The number of amides is 1. The third-order valence-corrected chi connectivity index (χ3v) is 6.68. The minimum absolute atomic E-state index is 0.122. The molecule has 0 saturated carbocycles. The van der Waals surface area contributed by atoms with E-state index in [-0.39, 0.29) is 12.5 Å². The van der Waals surface area contributed by atoms with Crippen LogP contribution in [-0.4, -0.2) is 34.9 Å². The molecule has 0 saturated heterocycles. The van der Waals surface area contributed by atoms with Gasteiger partial charge in [0.05, 0.1) is 19.3 Å². The van der Waals surface area contributed by atoms with Gasteiger partial charge >= 0.3 is 7.82 Å². The summed E-state index contributed by atoms with van der Waals surface area (Å²) in [4.78, 5) is 30.6. The van der Waals surface area contributed by atoms with Gasteiger partial charge in [-0.25, -0.2) is 4.57 Å². The van der Waals surface area contributed by atoms with Crippen LogP contribution in [0, 0.1) is 0 Å². The molecule has 1 aromatic rings. The van der Waals surface area contributed by atoms with Crippen LogP contribution in [0.15, 0.2) is 36.4 Å². The highest BCUT2D eigenvalue weighted by Gasteiger charge is 2.20. The van der Waals surface area contributed by atoms with Crippen LogP contribution in [0.2, 0.25) is 0 Å². The Hall–Kier alpha value is -1.66. The molecule has 0 unspecified atom stereocenters. The van der Waals surface area contributed by atoms with Gasteiger partial charge in [-0.15, -0.1) is 0 Å². The Morgan fingerprint density at radius 1 is 0.892 bits per heavy atom. The zero-order valence-electron chi connectivity index (χ0n) is 23.0. The van der Waals surface area contributed by atoms with E-state index in [2.05, 4.69) is 28.9 Å². The number of carbonyl (C=O) groups excluding carboxylic acids is 1. The molecule has 1 amide bonds. The summed E-state index contributed by atoms with van der Waals surface area (Å²) in [6.45, 7) is 4.48. The van der Waals surface area contributed by atoms with E-state index in [0.717, 1.165) is 37.0 Å². The number of phosphoric ester groups is 1. The van der Waals surface area contributed by atoms with Crippen LogP contribution >= 0.6 is 7.82 Å². The number of hydrogen-bond donors (Lipinski definition) is 3. The van der Waals surface area contributed by atoms with Crippen LogP contribution in [0.5, 0.6) is 5.75 Å². The number of unbranched alkanes of at least 4 members (excludes halogenated alkanes) is 11. The van der Waals surface area contributed by atoms with Crippen LogP contribution in [-0.2, 0) is 20.3 Å². The Bertz CT molecular complexity index is 777. The van der Waals surface area contributed by atoms with E-state index in [1.54, 1.807) is 0 Å². The smallest absolute Gasteiger partial charge is 0.469 e. The Morgan fingerprint density at radius 3 is 2.03 bits per heavy atom. The monoisotopic (exact) mass is 539 g/mol. The van der Waals surface area contributed by atoms with Crippen LogP contribution in [0.4, 0.5) is 0 Å². The molecule has 0 aliphatic heterocycles. The maximum atomic E-state index is 12.5. The number of hydrogen-bond acceptors (Lipinski definition) is 4. The summed E-state index contributed by atoms with van der Waals surface area (Å²) in [5, 5.41) is 2.88. The molecule has 0 radical (unpaired) electrons. The molecule has 0 aliphatic carbocycles. The molecule has 0 fully saturated rings. The lowest BCUT2D eigenvalue weighted by Crippen LogP contribution is -2.39. The molecule has 0 heterocycles. The number of carbonyl (C=O) groups is 1. The molecule has 1 aromatic carbocycles. The topological polar surface area (TPSA) is 105 Å². The second-order valence-electron chi connectivity index (χ2n) is 9.67. The second-order valence-corrected chi connectivity index (χ2v) is 10.9. The fraction of sp³-hybridized carbons (Fsp3) is 0.690. The van der Waals surface area contributed by atoms with Gasteiger partial charge in [0, 0.05) is 6.42 Å². The van der Waals surface area contributed by atoms with Crippen LogP contribution in [0.1, 0.15) is 109 Å². The molecule has 1 atom stereocenters. The minimum Gasteiger partial charge on any atom is -0.494 e. The summed E-state index contributed by atoms with van der Waals surface area (Å²) in [6, 6.07) is 6.91. The lowest BCUT2D eigenvalue weighted by Gasteiger charge is -2.19. The average Bonchev–Trinajstić information content (AvgIpc) is 2.86. The van der Waals surface area contributed by atoms with Crippen molar-refractivity contribution in [1.82, 2.24) is 5.32 Å². The van der Waals surface area contributed by atoms with Crippen LogP contribution < -0.4 is 10.1 Å². The van der Waals surface area contributed by atoms with Gasteiger partial charge in [-0.05, 0) is 63.1 Å². The van der Waals surface area contributed by atoms with E-state index in [4.69, 9.17) is 14.5 Å². The predicted octanol–water partition coefficient (Wildman–Crippen LogP) is 7.26. The second kappa shape index (κ2) is 21.3. The Kier molecular flexibility index (Phi) is 19.2. The van der Waals surface area contributed by atoms with Crippen molar-refractivity contribution in [2.24, 2.45) is 0 Å². The third-order valence-electron chi connectivity index (χ3n) is 6.19. The summed E-state index contributed by atoms with van der Waals surface area (Å²) < 4.78 is 21.3. The zero-order valence-corrected chi connectivity index (χ0v) is 23.9. The van der Waals surface area contributed by atoms with E-state index in [1.807, 2.05) is 31.2 Å². The van der Waals surface area contributed by atoms with Gasteiger partial charge in [0.2, 0.25) is 5.91 Å². The van der Waals surface area contributed by atoms with Crippen molar-refractivity contribution in [2.75, 3.05) is 13.2 Å². The number of rotatable bonds is 23. The number of phosphoric acid groups is 1. The fourth-order valence-corrected chi connectivity index (χ4v) is 4.54. The molecule has 37 heavy (non-hydrogen) atoms. The van der Waals surface area contributed by atoms with Crippen molar-refractivity contribution < 1.29 is 28.4 Å². The van der Waals surface area contributed by atoms with Gasteiger partial charge in [-0.2, -0.15) is 0 Å². The van der Waals surface area contributed by atoms with E-state index < -0.39 is 13.9 Å². The number of benzene rings is 1. The van der Waals surface area contributed by atoms with Gasteiger partial charge in [-0.3, -0.25) is 9.32 Å². The van der Waals surface area contributed by atoms with E-state index in [9.17, 15) is 9.36 Å². The first-order chi connectivity index (χ1) is 17.8. The molecular weight excluding hydrogens is 489 g/mol. The summed E-state index contributed by atoms with van der Waals surface area (Å²) in [7, 11) is -4.61. The van der Waals surface area contributed by atoms with Crippen molar-refractivity contribution in [3.8, 4) is 5.75 Å². The predicted molar refractivity (Wildman–Crippen MR) is 151 cm³/mol. The summed E-state index contributed by atoms with van der Waals surface area (Å²) in [5.74, 6) is 0.630. The molecule has 212 valence electrons. The van der Waals surface area contributed by atoms with Crippen molar-refractivity contribution in [3.05, 3.63) is 42.0 Å². The zero-order chi connectivity index (χ0) is 27.2. The standard InChI is InChI=1S/C29H50NO6P/c1-3-5-6-7-8-9-10-11-12-13-14-15-16-17-18-19-29(31)30-27(25-36-37(32,33)34)24-26-20-22-28(23-21-26)35-4-2/h11-12,20-23,27H,3-10,13-19,24-25H2,1-2H3,(H,30,31)(H2,32,33,34)/t27-/m1/s1. The Labute approximate surface area is 224 Å². The maximum absolute atomic E-state index is 12.5. The van der Waals surface area contributed by atoms with Crippen molar-refractivity contribution >= 4 is 13.7 Å². The molecule has 0 aromatic heterocycles. The molecule has 8 heteroatoms. The molecule has 0 spiro atoms. The summed E-state index contributed by atoms with van der Waals surface area (Å²) in [5.41, 5.74) is 0.920. The first kappa shape index (κ1) is 33.4. The van der Waals surface area contributed by atoms with Gasteiger partial charge in [0.15, 0.2) is 0 Å². The number of allylic oxidation sites excluding steroid dienone is 2. The van der Waals surface area contributed by atoms with Gasteiger partial charge < -0.3 is 19.8 Å². The van der Waals surface area contributed by atoms with E-state index in [0.29, 0.717) is 19.4 Å². The molecule has 3 N–H and O–H groups in total. The Balaban J connectivity index is 2.22. The highest BCUT2D eigenvalue weighted by Crippen LogP contribution is 2.35. The molecule has 7 nitrogen and oxygen atoms in total. The highest BCUT2D eigenvalue weighted by atomic mass is 31.2. The third kappa shape index (κ3) is 20.0. The minimum atomic E-state index is -4.61. The molecule has 0 bridgehead atoms. The lowest BCUT2D eigenvalue weighted by molar-refractivity contribution is -0.122. The highest BCUT2D eigenvalue weighted by molar-refractivity contribution is 7.46. The van der Waals surface area contributed by atoms with Crippen LogP contribution in [0.25, 0.3) is 0 Å². The largest absolute Gasteiger partial charge is 0.494 e. The quantitative estimate of drug-likeness (QED) is 0.0768. The number of nitrogens with one attached hydrogen (secondary N) is 1. The normalized spacial score (nSPS) is 12.6. The van der Waals surface area contributed by atoms with Gasteiger partial charge in [0.1, 0.15) is 5.75 Å². The summed E-state index contributed by atoms with van der Waals surface area (Å²) in [6.07, 6.45) is 21.1. The molecule has 1 rings (SSSR count). The SMILES string of the molecule is CCCCCCCCC=CCCCCCCCC(=O)N[C@@H](COP(=O)(O)O)Cc1ccc(OCC)cc1. The first-order valence-electron chi connectivity index (χ1n) is 14.2. The maximum Gasteiger partial charge on any atom is 0.469 e.